The van der Waals surface area contributed by atoms with Gasteiger partial charge in [0.1, 0.15) is 12.6 Å². The molecular weight excluding hydrogens is 270 g/mol. The quantitative estimate of drug-likeness (QED) is 0.584. The highest BCUT2D eigenvalue weighted by atomic mass is 16.6. The average molecular weight is 283 g/mol. The Morgan fingerprint density at radius 2 is 2.10 bits per heavy atom. The first kappa shape index (κ1) is 15.3. The maximum atomic E-state index is 11.8. The number of rotatable bonds is 5. The zero-order valence-corrected chi connectivity index (χ0v) is 10.8. The van der Waals surface area contributed by atoms with E-state index in [1.165, 1.54) is 14.0 Å². The summed E-state index contributed by atoms with van der Waals surface area (Å²) in [7, 11) is 1.28. The average Bonchev–Trinajstić information content (AvgIpc) is 2.38. The van der Waals surface area contributed by atoms with Crippen molar-refractivity contribution >= 4 is 17.6 Å². The number of aromatic nitrogens is 1. The number of nitrogens with zero attached hydrogens (tertiary/aromatic N) is 3. The van der Waals surface area contributed by atoms with Gasteiger partial charge in [0, 0.05) is 19.2 Å². The monoisotopic (exact) mass is 283 g/mol. The minimum Gasteiger partial charge on any atom is -0.480 e. The number of aliphatic carboxylic acids is 1. The molecule has 0 fully saturated rings. The predicted molar refractivity (Wildman–Crippen MR) is 67.2 cm³/mol. The molecule has 0 aliphatic carbocycles. The van der Waals surface area contributed by atoms with Gasteiger partial charge in [-0.3, -0.25) is 24.3 Å². The maximum Gasteiger partial charge on any atom is 0.326 e. The molecule has 1 aromatic heterocycles. The molecule has 9 heteroatoms. The van der Waals surface area contributed by atoms with Crippen molar-refractivity contribution in [3.8, 4) is 0 Å². The summed E-state index contributed by atoms with van der Waals surface area (Å²) in [4.78, 5) is 45.0. The number of carbonyl (C=O) groups excluding carboxylic acids is 1. The van der Waals surface area contributed by atoms with Crippen molar-refractivity contribution in [1.29, 1.82) is 0 Å². The van der Waals surface area contributed by atoms with E-state index in [0.29, 0.717) is 0 Å². The molecule has 1 atom stereocenters. The van der Waals surface area contributed by atoms with Crippen molar-refractivity contribution in [2.24, 2.45) is 0 Å². The summed E-state index contributed by atoms with van der Waals surface area (Å²) in [6.07, 6.45) is 0.944. The number of likely N-dealkylation sites (N-methyl/N-ethyl adjacent to an activating group) is 1. The Hall–Kier alpha value is -2.71. The summed E-state index contributed by atoms with van der Waals surface area (Å²) in [6, 6.07) is 0.954. The SMILES string of the molecule is CC(C(=O)O)N(C)C(=O)Cn1cc([N+](=O)[O-])ccc1=O. The third kappa shape index (κ3) is 3.40. The maximum absolute atomic E-state index is 11.8. The Kier molecular flexibility index (Phi) is 4.57. The summed E-state index contributed by atoms with van der Waals surface area (Å²) in [6.45, 7) is 0.852. The molecule has 0 aliphatic heterocycles. The van der Waals surface area contributed by atoms with E-state index < -0.39 is 34.9 Å². The molecule has 9 nitrogen and oxygen atoms in total. The zero-order valence-electron chi connectivity index (χ0n) is 10.8. The molecule has 20 heavy (non-hydrogen) atoms. The molecule has 0 aromatic carbocycles. The summed E-state index contributed by atoms with van der Waals surface area (Å²) >= 11 is 0. The van der Waals surface area contributed by atoms with E-state index in [4.69, 9.17) is 5.11 Å². The van der Waals surface area contributed by atoms with Crippen LogP contribution in [0.5, 0.6) is 0 Å². The highest BCUT2D eigenvalue weighted by Gasteiger charge is 2.22. The number of amides is 1. The molecule has 0 saturated carbocycles. The zero-order chi connectivity index (χ0) is 15.4. The van der Waals surface area contributed by atoms with Gasteiger partial charge in [-0.05, 0) is 6.92 Å². The number of hydrogen-bond acceptors (Lipinski definition) is 5. The highest BCUT2D eigenvalue weighted by molar-refractivity contribution is 5.83. The number of pyridine rings is 1. The minimum atomic E-state index is -1.19. The molecule has 1 aromatic rings. The minimum absolute atomic E-state index is 0.327. The topological polar surface area (TPSA) is 123 Å². The Labute approximate surface area is 113 Å². The van der Waals surface area contributed by atoms with Crippen LogP contribution in [0.2, 0.25) is 0 Å². The van der Waals surface area contributed by atoms with Crippen molar-refractivity contribution in [2.45, 2.75) is 19.5 Å². The number of hydrogen-bond donors (Lipinski definition) is 1. The lowest BCUT2D eigenvalue weighted by molar-refractivity contribution is -0.385. The van der Waals surface area contributed by atoms with Gasteiger partial charge in [-0.25, -0.2) is 4.79 Å². The largest absolute Gasteiger partial charge is 0.480 e. The summed E-state index contributed by atoms with van der Waals surface area (Å²) < 4.78 is 0.867. The molecule has 1 amide bonds. The third-order valence-electron chi connectivity index (χ3n) is 2.82. The van der Waals surface area contributed by atoms with Crippen molar-refractivity contribution in [1.82, 2.24) is 9.47 Å². The molecule has 1 rings (SSSR count). The highest BCUT2D eigenvalue weighted by Crippen LogP contribution is 2.07. The van der Waals surface area contributed by atoms with E-state index in [2.05, 4.69) is 0 Å². The first-order valence-corrected chi connectivity index (χ1v) is 5.57. The van der Waals surface area contributed by atoms with E-state index >= 15 is 0 Å². The van der Waals surface area contributed by atoms with Crippen LogP contribution in [0.4, 0.5) is 5.69 Å². The fourth-order valence-corrected chi connectivity index (χ4v) is 1.39. The number of carboxylic acid groups (broad SMARTS) is 1. The molecule has 0 bridgehead atoms. The van der Waals surface area contributed by atoms with E-state index in [1.54, 1.807) is 0 Å². The van der Waals surface area contributed by atoms with Gasteiger partial charge in [0.2, 0.25) is 5.91 Å². The van der Waals surface area contributed by atoms with Crippen molar-refractivity contribution < 1.29 is 19.6 Å². The van der Waals surface area contributed by atoms with Gasteiger partial charge in [-0.2, -0.15) is 0 Å². The summed E-state index contributed by atoms with van der Waals surface area (Å²) in [5, 5.41) is 19.4. The molecule has 1 heterocycles. The Morgan fingerprint density at radius 1 is 1.50 bits per heavy atom. The first-order valence-electron chi connectivity index (χ1n) is 5.57. The Morgan fingerprint density at radius 3 is 2.60 bits per heavy atom. The van der Waals surface area contributed by atoms with Crippen molar-refractivity contribution in [2.75, 3.05) is 7.05 Å². The molecule has 0 aliphatic rings. The molecule has 1 N–H and O–H groups in total. The van der Waals surface area contributed by atoms with E-state index in [0.717, 1.165) is 27.8 Å². The summed E-state index contributed by atoms with van der Waals surface area (Å²) in [5.74, 6) is -1.82. The normalized spacial score (nSPS) is 11.7. The van der Waals surface area contributed by atoms with Crippen LogP contribution in [0.3, 0.4) is 0 Å². The molecular formula is C11H13N3O6. The van der Waals surface area contributed by atoms with Crippen LogP contribution in [0, 0.1) is 10.1 Å². The van der Waals surface area contributed by atoms with Crippen molar-refractivity contribution in [3.63, 3.8) is 0 Å². The van der Waals surface area contributed by atoms with Crippen LogP contribution >= 0.6 is 0 Å². The number of carboxylic acids is 1. The molecule has 0 saturated heterocycles. The fraction of sp³-hybridized carbons (Fsp3) is 0.364. The van der Waals surface area contributed by atoms with Gasteiger partial charge in [-0.15, -0.1) is 0 Å². The molecule has 108 valence electrons. The lowest BCUT2D eigenvalue weighted by Crippen LogP contribution is -2.42. The van der Waals surface area contributed by atoms with Gasteiger partial charge in [0.25, 0.3) is 11.2 Å². The van der Waals surface area contributed by atoms with Crippen molar-refractivity contribution in [3.05, 3.63) is 38.8 Å². The van der Waals surface area contributed by atoms with Crippen LogP contribution < -0.4 is 5.56 Å². The van der Waals surface area contributed by atoms with Gasteiger partial charge >= 0.3 is 5.97 Å². The van der Waals surface area contributed by atoms with E-state index in [1.807, 2.05) is 0 Å². The van der Waals surface area contributed by atoms with Crippen LogP contribution in [0.15, 0.2) is 23.1 Å². The molecule has 1 unspecified atom stereocenters. The number of carbonyl (C=O) groups is 2. The van der Waals surface area contributed by atoms with E-state index in [-0.39, 0.29) is 5.69 Å². The lowest BCUT2D eigenvalue weighted by Gasteiger charge is -2.21. The molecule has 0 radical (unpaired) electrons. The Balaban J connectivity index is 2.96. The van der Waals surface area contributed by atoms with Crippen LogP contribution in [0.1, 0.15) is 6.92 Å². The third-order valence-corrected chi connectivity index (χ3v) is 2.82. The second kappa shape index (κ2) is 5.95. The van der Waals surface area contributed by atoms with Gasteiger partial charge in [0.05, 0.1) is 11.1 Å². The molecule has 0 spiro atoms. The predicted octanol–water partition coefficient (Wildman–Crippen LogP) is -0.312. The van der Waals surface area contributed by atoms with Crippen LogP contribution in [0.25, 0.3) is 0 Å². The van der Waals surface area contributed by atoms with Gasteiger partial charge in [0.15, 0.2) is 0 Å². The smallest absolute Gasteiger partial charge is 0.326 e. The Bertz CT molecular complexity index is 608. The second-order valence-corrected chi connectivity index (χ2v) is 4.13. The van der Waals surface area contributed by atoms with E-state index in [9.17, 15) is 24.5 Å². The number of nitro groups is 1. The van der Waals surface area contributed by atoms with Crippen LogP contribution in [-0.4, -0.2) is 44.5 Å². The van der Waals surface area contributed by atoms with Gasteiger partial charge in [-0.1, -0.05) is 0 Å². The first-order chi connectivity index (χ1) is 9.23. The lowest BCUT2D eigenvalue weighted by atomic mass is 10.3. The fourth-order valence-electron chi connectivity index (χ4n) is 1.39. The summed E-state index contributed by atoms with van der Waals surface area (Å²) in [5.41, 5.74) is -0.910. The second-order valence-electron chi connectivity index (χ2n) is 4.13. The standard InChI is InChI=1S/C11H13N3O6/c1-7(11(17)18)12(2)10(16)6-13-5-8(14(19)20)3-4-9(13)15/h3-5,7H,6H2,1-2H3,(H,17,18). The van der Waals surface area contributed by atoms with Crippen LogP contribution in [-0.2, 0) is 16.1 Å². The van der Waals surface area contributed by atoms with Gasteiger partial charge < -0.3 is 10.0 Å².